The number of ether oxygens (including phenoxy) is 1. The molecule has 0 radical (unpaired) electrons. The third-order valence-electron chi connectivity index (χ3n) is 4.37. The van der Waals surface area contributed by atoms with Crippen LogP contribution in [-0.4, -0.2) is 45.7 Å². The molecule has 1 unspecified atom stereocenters. The number of nitrogens with one attached hydrogen (secondary N) is 3. The first-order valence-corrected chi connectivity index (χ1v) is 11.9. The maximum absolute atomic E-state index is 12.3. The highest BCUT2D eigenvalue weighted by molar-refractivity contribution is 7.92. The maximum Gasteiger partial charge on any atom is 0.260 e. The molecule has 31 heavy (non-hydrogen) atoms. The van der Waals surface area contributed by atoms with E-state index in [1.807, 2.05) is 24.3 Å². The van der Waals surface area contributed by atoms with Crippen molar-refractivity contribution in [3.8, 4) is 5.75 Å². The Bertz CT molecular complexity index is 1000. The van der Waals surface area contributed by atoms with Crippen molar-refractivity contribution in [2.45, 2.75) is 32.8 Å². The monoisotopic (exact) mass is 447 g/mol. The quantitative estimate of drug-likeness (QED) is 0.484. The van der Waals surface area contributed by atoms with Crippen LogP contribution in [0.25, 0.3) is 0 Å². The SMILES string of the molecule is CC(Oc1ccccc1C(C)C)C(=O)NCCNC(=O)c1ccc(NS(C)(=O)=O)cc1. The highest BCUT2D eigenvalue weighted by Gasteiger charge is 2.17. The first kappa shape index (κ1) is 24.2. The Morgan fingerprint density at radius 3 is 2.16 bits per heavy atom. The molecule has 0 saturated heterocycles. The van der Waals surface area contributed by atoms with Gasteiger partial charge in [-0.3, -0.25) is 14.3 Å². The standard InChI is InChI=1S/C22H29N3O5S/c1-15(2)19-7-5-6-8-20(19)30-16(3)21(26)23-13-14-24-22(27)17-9-11-18(12-10-17)25-31(4,28)29/h5-12,15-16,25H,13-14H2,1-4H3,(H,23,26)(H,24,27). The lowest BCUT2D eigenvalue weighted by molar-refractivity contribution is -0.127. The van der Waals surface area contributed by atoms with Gasteiger partial charge in [0.15, 0.2) is 6.10 Å². The molecule has 0 aliphatic heterocycles. The van der Waals surface area contributed by atoms with Crippen LogP contribution in [-0.2, 0) is 14.8 Å². The molecule has 2 aromatic carbocycles. The summed E-state index contributed by atoms with van der Waals surface area (Å²) in [6, 6.07) is 13.7. The zero-order valence-corrected chi connectivity index (χ0v) is 19.0. The van der Waals surface area contributed by atoms with E-state index < -0.39 is 16.1 Å². The molecule has 0 bridgehead atoms. The van der Waals surface area contributed by atoms with Crippen LogP contribution >= 0.6 is 0 Å². The van der Waals surface area contributed by atoms with Gasteiger partial charge in [-0.05, 0) is 48.7 Å². The Kier molecular flexibility index (Phi) is 8.44. The molecule has 3 N–H and O–H groups in total. The second kappa shape index (κ2) is 10.8. The molecule has 0 spiro atoms. The number of hydrogen-bond acceptors (Lipinski definition) is 5. The number of rotatable bonds is 10. The summed E-state index contributed by atoms with van der Waals surface area (Å²) in [7, 11) is -3.37. The number of carbonyl (C=O) groups is 2. The number of amides is 2. The van der Waals surface area contributed by atoms with Crippen molar-refractivity contribution in [2.75, 3.05) is 24.1 Å². The molecule has 0 aliphatic rings. The number of para-hydroxylation sites is 1. The summed E-state index contributed by atoms with van der Waals surface area (Å²) in [5, 5.41) is 5.44. The fraction of sp³-hybridized carbons (Fsp3) is 0.364. The molecule has 9 heteroatoms. The Hall–Kier alpha value is -3.07. The third kappa shape index (κ3) is 7.93. The highest BCUT2D eigenvalue weighted by atomic mass is 32.2. The molecule has 0 aromatic heterocycles. The average molecular weight is 448 g/mol. The van der Waals surface area contributed by atoms with Gasteiger partial charge in [-0.25, -0.2) is 8.42 Å². The van der Waals surface area contributed by atoms with Gasteiger partial charge in [-0.1, -0.05) is 32.0 Å². The molecule has 2 aromatic rings. The van der Waals surface area contributed by atoms with E-state index in [9.17, 15) is 18.0 Å². The van der Waals surface area contributed by atoms with E-state index in [1.165, 1.54) is 24.3 Å². The van der Waals surface area contributed by atoms with Crippen LogP contribution in [0.2, 0.25) is 0 Å². The number of sulfonamides is 1. The summed E-state index contributed by atoms with van der Waals surface area (Å²) in [6.07, 6.45) is 0.377. The average Bonchev–Trinajstić information content (AvgIpc) is 2.70. The molecule has 0 aliphatic carbocycles. The molecule has 0 fully saturated rings. The molecular formula is C22H29N3O5S. The van der Waals surface area contributed by atoms with Crippen LogP contribution in [0.5, 0.6) is 5.75 Å². The van der Waals surface area contributed by atoms with Gasteiger partial charge >= 0.3 is 0 Å². The molecule has 2 amide bonds. The summed E-state index contributed by atoms with van der Waals surface area (Å²) < 4.78 is 30.6. The van der Waals surface area contributed by atoms with Crippen molar-refractivity contribution < 1.29 is 22.7 Å². The maximum atomic E-state index is 12.3. The lowest BCUT2D eigenvalue weighted by Crippen LogP contribution is -2.40. The van der Waals surface area contributed by atoms with Crippen molar-refractivity contribution in [1.29, 1.82) is 0 Å². The Morgan fingerprint density at radius 1 is 0.935 bits per heavy atom. The predicted molar refractivity (Wildman–Crippen MR) is 121 cm³/mol. The first-order chi connectivity index (χ1) is 14.6. The van der Waals surface area contributed by atoms with E-state index >= 15 is 0 Å². The van der Waals surface area contributed by atoms with Crippen LogP contribution in [0.3, 0.4) is 0 Å². The molecule has 1 atom stereocenters. The summed E-state index contributed by atoms with van der Waals surface area (Å²) in [5.74, 6) is 0.361. The van der Waals surface area contributed by atoms with Gasteiger partial charge in [-0.15, -0.1) is 0 Å². The van der Waals surface area contributed by atoms with E-state index in [-0.39, 0.29) is 30.8 Å². The summed E-state index contributed by atoms with van der Waals surface area (Å²) in [6.45, 7) is 6.29. The number of carbonyl (C=O) groups excluding carboxylic acids is 2. The third-order valence-corrected chi connectivity index (χ3v) is 4.98. The van der Waals surface area contributed by atoms with Gasteiger partial charge in [-0.2, -0.15) is 0 Å². The minimum atomic E-state index is -3.37. The molecule has 0 heterocycles. The van der Waals surface area contributed by atoms with E-state index in [1.54, 1.807) is 6.92 Å². The van der Waals surface area contributed by atoms with E-state index in [0.29, 0.717) is 17.0 Å². The minimum absolute atomic E-state index is 0.239. The molecule has 0 saturated carbocycles. The molecule has 168 valence electrons. The zero-order valence-electron chi connectivity index (χ0n) is 18.1. The van der Waals surface area contributed by atoms with Crippen LogP contribution in [0.1, 0.15) is 42.6 Å². The Balaban J connectivity index is 1.77. The lowest BCUT2D eigenvalue weighted by Gasteiger charge is -2.18. The number of hydrogen-bond donors (Lipinski definition) is 3. The second-order valence-corrected chi connectivity index (χ2v) is 9.20. The van der Waals surface area contributed by atoms with Crippen LogP contribution < -0.4 is 20.1 Å². The van der Waals surface area contributed by atoms with Gasteiger partial charge in [0.1, 0.15) is 5.75 Å². The fourth-order valence-corrected chi connectivity index (χ4v) is 3.38. The van der Waals surface area contributed by atoms with Crippen LogP contribution in [0.4, 0.5) is 5.69 Å². The first-order valence-electron chi connectivity index (χ1n) is 9.96. The summed E-state index contributed by atoms with van der Waals surface area (Å²) in [4.78, 5) is 24.5. The second-order valence-electron chi connectivity index (χ2n) is 7.45. The Morgan fingerprint density at radius 2 is 1.55 bits per heavy atom. The van der Waals surface area contributed by atoms with Gasteiger partial charge in [0, 0.05) is 24.3 Å². The summed E-state index contributed by atoms with van der Waals surface area (Å²) in [5.41, 5.74) is 1.79. The van der Waals surface area contributed by atoms with Crippen LogP contribution in [0, 0.1) is 0 Å². The van der Waals surface area contributed by atoms with E-state index in [0.717, 1.165) is 11.8 Å². The van der Waals surface area contributed by atoms with Gasteiger partial charge < -0.3 is 15.4 Å². The van der Waals surface area contributed by atoms with Crippen molar-refractivity contribution in [3.05, 3.63) is 59.7 Å². The normalized spacial score (nSPS) is 12.2. The van der Waals surface area contributed by atoms with Gasteiger partial charge in [0.05, 0.1) is 6.26 Å². The lowest BCUT2D eigenvalue weighted by atomic mass is 10.0. The number of anilines is 1. The molecule has 8 nitrogen and oxygen atoms in total. The fourth-order valence-electron chi connectivity index (χ4n) is 2.82. The highest BCUT2D eigenvalue weighted by Crippen LogP contribution is 2.26. The van der Waals surface area contributed by atoms with Crippen LogP contribution in [0.15, 0.2) is 48.5 Å². The zero-order chi connectivity index (χ0) is 23.0. The van der Waals surface area contributed by atoms with Crippen molar-refractivity contribution in [1.82, 2.24) is 10.6 Å². The van der Waals surface area contributed by atoms with E-state index in [4.69, 9.17) is 4.74 Å². The van der Waals surface area contributed by atoms with Gasteiger partial charge in [0.25, 0.3) is 11.8 Å². The molecular weight excluding hydrogens is 418 g/mol. The van der Waals surface area contributed by atoms with Crippen molar-refractivity contribution >= 4 is 27.5 Å². The Labute approximate surface area is 183 Å². The largest absolute Gasteiger partial charge is 0.481 e. The smallest absolute Gasteiger partial charge is 0.260 e. The van der Waals surface area contributed by atoms with E-state index in [2.05, 4.69) is 29.2 Å². The van der Waals surface area contributed by atoms with Crippen molar-refractivity contribution in [3.63, 3.8) is 0 Å². The molecule has 2 rings (SSSR count). The van der Waals surface area contributed by atoms with Crippen molar-refractivity contribution in [2.24, 2.45) is 0 Å². The topological polar surface area (TPSA) is 114 Å². The number of benzene rings is 2. The van der Waals surface area contributed by atoms with Gasteiger partial charge in [0.2, 0.25) is 10.0 Å². The minimum Gasteiger partial charge on any atom is -0.481 e. The predicted octanol–water partition coefficient (Wildman–Crippen LogP) is 2.50. The summed E-state index contributed by atoms with van der Waals surface area (Å²) >= 11 is 0.